The fraction of sp³-hybridized carbons (Fsp3) is 0. The smallest absolute Gasteiger partial charge is 0.135 e. The number of rotatable bonds is 3. The van der Waals surface area contributed by atoms with Gasteiger partial charge in [0.2, 0.25) is 0 Å². The van der Waals surface area contributed by atoms with Gasteiger partial charge in [-0.25, -0.2) is 0 Å². The molecule has 11 rings (SSSR count). The summed E-state index contributed by atoms with van der Waals surface area (Å²) in [5.74, 6) is 0. The van der Waals surface area contributed by atoms with Gasteiger partial charge in [0.1, 0.15) is 11.2 Å². The van der Waals surface area contributed by atoms with E-state index in [1.165, 1.54) is 64.6 Å². The SMILES string of the molecule is c1ccc(N(c2ccc3oc4ccccc4c3c2)c2cc3ccc4cccc5c6cccc7ccc8cccc(c(c2)c3c45)c8c76)cc1. The average Bonchev–Trinajstić information content (AvgIpc) is 3.51. The second kappa shape index (κ2) is 9.57. The molecule has 0 spiro atoms. The van der Waals surface area contributed by atoms with Crippen molar-refractivity contribution in [1.82, 2.24) is 0 Å². The van der Waals surface area contributed by atoms with Crippen LogP contribution in [0.5, 0.6) is 0 Å². The first kappa shape index (κ1) is 25.8. The molecule has 0 bridgehead atoms. The summed E-state index contributed by atoms with van der Waals surface area (Å²) in [7, 11) is 0. The van der Waals surface area contributed by atoms with Crippen LogP contribution < -0.4 is 4.90 Å². The second-order valence-corrected chi connectivity index (χ2v) is 12.9. The van der Waals surface area contributed by atoms with Gasteiger partial charge in [0.15, 0.2) is 0 Å². The van der Waals surface area contributed by atoms with E-state index in [9.17, 15) is 0 Å². The summed E-state index contributed by atoms with van der Waals surface area (Å²) in [6, 6.07) is 59.8. The van der Waals surface area contributed by atoms with Gasteiger partial charge in [-0.15, -0.1) is 0 Å². The highest BCUT2D eigenvalue weighted by Crippen LogP contribution is 2.46. The van der Waals surface area contributed by atoms with Gasteiger partial charge in [-0.1, -0.05) is 115 Å². The molecule has 0 aliphatic carbocycles. The maximum absolute atomic E-state index is 6.24. The van der Waals surface area contributed by atoms with E-state index in [4.69, 9.17) is 4.42 Å². The molecule has 0 aliphatic rings. The number of benzene rings is 9. The summed E-state index contributed by atoms with van der Waals surface area (Å²) < 4.78 is 6.24. The van der Waals surface area contributed by atoms with Gasteiger partial charge >= 0.3 is 0 Å². The molecule has 0 aliphatic heterocycles. The zero-order chi connectivity index (χ0) is 31.3. The Balaban J connectivity index is 1.32. The summed E-state index contributed by atoms with van der Waals surface area (Å²) in [6.45, 7) is 0. The van der Waals surface area contributed by atoms with Crippen LogP contribution in [0.2, 0.25) is 0 Å². The largest absolute Gasteiger partial charge is 0.456 e. The molecule has 2 nitrogen and oxygen atoms in total. The van der Waals surface area contributed by atoms with Crippen LogP contribution in [0.3, 0.4) is 0 Å². The van der Waals surface area contributed by atoms with Crippen molar-refractivity contribution in [3.63, 3.8) is 0 Å². The molecule has 0 radical (unpaired) electrons. The predicted octanol–water partition coefficient (Wildman–Crippen LogP) is 13.4. The first-order valence-corrected chi connectivity index (χ1v) is 16.5. The van der Waals surface area contributed by atoms with Crippen LogP contribution in [-0.4, -0.2) is 0 Å². The molecule has 11 aromatic rings. The molecule has 0 N–H and O–H groups in total. The number of furan rings is 1. The van der Waals surface area contributed by atoms with E-state index in [1.54, 1.807) is 0 Å². The summed E-state index contributed by atoms with van der Waals surface area (Å²) in [4.78, 5) is 2.39. The first-order valence-electron chi connectivity index (χ1n) is 16.5. The van der Waals surface area contributed by atoms with Crippen molar-refractivity contribution in [2.24, 2.45) is 0 Å². The third-order valence-electron chi connectivity index (χ3n) is 10.3. The Kier molecular flexibility index (Phi) is 5.14. The summed E-state index contributed by atoms with van der Waals surface area (Å²) in [5, 5.41) is 17.6. The highest BCUT2D eigenvalue weighted by Gasteiger charge is 2.20. The molecular weight excluding hydrogens is 583 g/mol. The number of hydrogen-bond acceptors (Lipinski definition) is 2. The highest BCUT2D eigenvalue weighted by molar-refractivity contribution is 6.37. The monoisotopic (exact) mass is 609 g/mol. The van der Waals surface area contributed by atoms with E-state index in [2.05, 4.69) is 157 Å². The zero-order valence-corrected chi connectivity index (χ0v) is 25.9. The normalized spacial score (nSPS) is 12.2. The molecule has 0 amide bonds. The van der Waals surface area contributed by atoms with Crippen LogP contribution in [0.25, 0.3) is 86.6 Å². The Bertz CT molecular complexity index is 3060. The van der Waals surface area contributed by atoms with Crippen molar-refractivity contribution >= 4 is 104 Å². The quantitative estimate of drug-likeness (QED) is 0.185. The van der Waals surface area contributed by atoms with Gasteiger partial charge < -0.3 is 9.32 Å². The molecule has 1 aromatic heterocycles. The Labute approximate surface area is 276 Å². The molecule has 222 valence electrons. The van der Waals surface area contributed by atoms with E-state index in [0.29, 0.717) is 0 Å². The van der Waals surface area contributed by atoms with E-state index < -0.39 is 0 Å². The molecular formula is C46H27NO. The molecule has 2 heteroatoms. The van der Waals surface area contributed by atoms with Crippen LogP contribution in [0.1, 0.15) is 0 Å². The van der Waals surface area contributed by atoms with Gasteiger partial charge in [-0.05, 0) is 113 Å². The van der Waals surface area contributed by atoms with E-state index in [-0.39, 0.29) is 0 Å². The summed E-state index contributed by atoms with van der Waals surface area (Å²) in [5.41, 5.74) is 5.11. The van der Waals surface area contributed by atoms with Gasteiger partial charge in [-0.2, -0.15) is 0 Å². The van der Waals surface area contributed by atoms with Crippen molar-refractivity contribution in [2.45, 2.75) is 0 Å². The third-order valence-corrected chi connectivity index (χ3v) is 10.3. The maximum Gasteiger partial charge on any atom is 0.135 e. The Hall–Kier alpha value is -6.38. The summed E-state index contributed by atoms with van der Waals surface area (Å²) in [6.07, 6.45) is 0. The lowest BCUT2D eigenvalue weighted by Gasteiger charge is -2.27. The van der Waals surface area contributed by atoms with Crippen LogP contribution in [0.15, 0.2) is 168 Å². The van der Waals surface area contributed by atoms with Crippen LogP contribution in [-0.2, 0) is 0 Å². The van der Waals surface area contributed by atoms with Gasteiger partial charge in [0.25, 0.3) is 0 Å². The fourth-order valence-electron chi connectivity index (χ4n) is 8.27. The molecule has 0 saturated carbocycles. The minimum atomic E-state index is 0.895. The van der Waals surface area contributed by atoms with Crippen LogP contribution >= 0.6 is 0 Å². The molecule has 0 atom stereocenters. The Morgan fingerprint density at radius 1 is 0.292 bits per heavy atom. The lowest BCUT2D eigenvalue weighted by Crippen LogP contribution is -2.10. The first-order chi connectivity index (χ1) is 23.8. The topological polar surface area (TPSA) is 16.4 Å². The summed E-state index contributed by atoms with van der Waals surface area (Å²) >= 11 is 0. The Morgan fingerprint density at radius 2 is 0.812 bits per heavy atom. The van der Waals surface area contributed by atoms with Gasteiger partial charge in [-0.3, -0.25) is 0 Å². The molecule has 1 heterocycles. The van der Waals surface area contributed by atoms with E-state index in [1.807, 2.05) is 12.1 Å². The fourth-order valence-corrected chi connectivity index (χ4v) is 8.27. The van der Waals surface area contributed by atoms with E-state index in [0.717, 1.165) is 39.0 Å². The zero-order valence-electron chi connectivity index (χ0n) is 25.9. The van der Waals surface area contributed by atoms with Crippen molar-refractivity contribution in [2.75, 3.05) is 4.90 Å². The average molecular weight is 610 g/mol. The Morgan fingerprint density at radius 3 is 1.50 bits per heavy atom. The molecule has 0 unspecified atom stereocenters. The minimum Gasteiger partial charge on any atom is -0.456 e. The molecule has 0 fully saturated rings. The van der Waals surface area contributed by atoms with Crippen molar-refractivity contribution in [3.8, 4) is 0 Å². The number of nitrogens with zero attached hydrogens (tertiary/aromatic N) is 1. The standard InChI is InChI=1S/C46H27NO/c1-2-12-32(13-3-1)47(33-23-24-42-39(26-33)35-14-4-5-18-41(35)48-42)34-25-31-22-21-30-10-7-16-37-36-15-6-9-28-19-20-29-11-8-17-38(45(29)43(28)36)40(27-34)46(31)44(30)37/h1-27H. The number of fused-ring (bicyclic) bond motifs is 5. The lowest BCUT2D eigenvalue weighted by molar-refractivity contribution is 0.669. The predicted molar refractivity (Wildman–Crippen MR) is 205 cm³/mol. The van der Waals surface area contributed by atoms with Crippen LogP contribution in [0.4, 0.5) is 17.1 Å². The molecule has 48 heavy (non-hydrogen) atoms. The molecule has 10 aromatic carbocycles. The minimum absolute atomic E-state index is 0.895. The number of anilines is 3. The van der Waals surface area contributed by atoms with E-state index >= 15 is 0 Å². The van der Waals surface area contributed by atoms with Gasteiger partial charge in [0, 0.05) is 27.8 Å². The van der Waals surface area contributed by atoms with Crippen molar-refractivity contribution < 1.29 is 4.42 Å². The molecule has 0 saturated heterocycles. The van der Waals surface area contributed by atoms with Crippen molar-refractivity contribution in [1.29, 1.82) is 0 Å². The second-order valence-electron chi connectivity index (χ2n) is 12.9. The lowest BCUT2D eigenvalue weighted by atomic mass is 9.87. The van der Waals surface area contributed by atoms with Crippen LogP contribution in [0, 0.1) is 0 Å². The maximum atomic E-state index is 6.24. The van der Waals surface area contributed by atoms with Gasteiger partial charge in [0.05, 0.1) is 0 Å². The number of para-hydroxylation sites is 2. The number of hydrogen-bond donors (Lipinski definition) is 0. The third kappa shape index (κ3) is 3.52. The highest BCUT2D eigenvalue weighted by atomic mass is 16.3. The van der Waals surface area contributed by atoms with Crippen molar-refractivity contribution in [3.05, 3.63) is 164 Å².